The average Bonchev–Trinajstić information content (AvgIpc) is 2.44. The highest BCUT2D eigenvalue weighted by Crippen LogP contribution is 2.37. The summed E-state index contributed by atoms with van der Waals surface area (Å²) in [5, 5.41) is 18.8. The zero-order valence-electron chi connectivity index (χ0n) is 12.0. The molecular formula is C14H13ClN2O5. The van der Waals surface area contributed by atoms with Crippen LogP contribution < -0.4 is 5.56 Å². The first-order chi connectivity index (χ1) is 10.1. The molecule has 0 aliphatic heterocycles. The van der Waals surface area contributed by atoms with Crippen LogP contribution in [0, 0.1) is 6.92 Å². The summed E-state index contributed by atoms with van der Waals surface area (Å²) in [6, 6.07) is 2.68. The van der Waals surface area contributed by atoms with Crippen molar-refractivity contribution in [2.75, 3.05) is 0 Å². The highest BCUT2D eigenvalue weighted by atomic mass is 35.5. The molecule has 22 heavy (non-hydrogen) atoms. The van der Waals surface area contributed by atoms with Gasteiger partial charge in [0.2, 0.25) is 0 Å². The van der Waals surface area contributed by atoms with Crippen molar-refractivity contribution in [3.8, 4) is 0 Å². The molecule has 116 valence electrons. The highest BCUT2D eigenvalue weighted by Gasteiger charge is 2.47. The summed E-state index contributed by atoms with van der Waals surface area (Å²) in [4.78, 5) is 39.3. The number of carboxylic acid groups (broad SMARTS) is 2. The zero-order valence-corrected chi connectivity index (χ0v) is 12.8. The van der Waals surface area contributed by atoms with E-state index in [1.54, 1.807) is 6.92 Å². The van der Waals surface area contributed by atoms with E-state index in [1.165, 1.54) is 19.2 Å². The molecule has 0 unspecified atom stereocenters. The van der Waals surface area contributed by atoms with Crippen LogP contribution in [0.4, 0.5) is 0 Å². The Kier molecular flexibility index (Phi) is 3.70. The van der Waals surface area contributed by atoms with E-state index in [-0.39, 0.29) is 21.8 Å². The Bertz CT molecular complexity index is 858. The zero-order chi connectivity index (χ0) is 16.8. The first-order valence-corrected chi connectivity index (χ1v) is 6.63. The van der Waals surface area contributed by atoms with Gasteiger partial charge in [-0.3, -0.25) is 14.4 Å². The molecule has 0 radical (unpaired) electrons. The van der Waals surface area contributed by atoms with Gasteiger partial charge in [-0.25, -0.2) is 4.98 Å². The monoisotopic (exact) mass is 324 g/mol. The number of carboxylic acids is 2. The number of aryl methyl sites for hydroxylation is 2. The second-order valence-corrected chi connectivity index (χ2v) is 5.46. The van der Waals surface area contributed by atoms with Crippen LogP contribution in [0.5, 0.6) is 0 Å². The number of rotatable bonds is 3. The molecule has 0 bridgehead atoms. The van der Waals surface area contributed by atoms with Gasteiger partial charge in [-0.1, -0.05) is 11.6 Å². The Labute approximate surface area is 129 Å². The van der Waals surface area contributed by atoms with Crippen LogP contribution >= 0.6 is 11.6 Å². The van der Waals surface area contributed by atoms with Crippen LogP contribution in [-0.2, 0) is 22.1 Å². The molecule has 2 N–H and O–H groups in total. The molecule has 0 aliphatic carbocycles. The number of pyridine rings is 2. The minimum absolute atomic E-state index is 0.0824. The van der Waals surface area contributed by atoms with Gasteiger partial charge in [-0.2, -0.15) is 0 Å². The minimum Gasteiger partial charge on any atom is -0.480 e. The van der Waals surface area contributed by atoms with E-state index in [9.17, 15) is 24.6 Å². The Balaban J connectivity index is 3.15. The Morgan fingerprint density at radius 2 is 1.82 bits per heavy atom. The molecule has 7 nitrogen and oxygen atoms in total. The van der Waals surface area contributed by atoms with Crippen LogP contribution in [0.2, 0.25) is 5.02 Å². The maximum Gasteiger partial charge on any atom is 0.325 e. The first kappa shape index (κ1) is 16.0. The first-order valence-electron chi connectivity index (χ1n) is 6.25. The van der Waals surface area contributed by atoms with E-state index in [4.69, 9.17) is 11.6 Å². The fourth-order valence-corrected chi connectivity index (χ4v) is 2.61. The van der Waals surface area contributed by atoms with E-state index >= 15 is 0 Å². The summed E-state index contributed by atoms with van der Waals surface area (Å²) < 4.78 is 1.15. The second kappa shape index (κ2) is 5.10. The van der Waals surface area contributed by atoms with E-state index < -0.39 is 22.9 Å². The molecule has 0 spiro atoms. The summed E-state index contributed by atoms with van der Waals surface area (Å²) in [5.74, 6) is -3.16. The lowest BCUT2D eigenvalue weighted by molar-refractivity contribution is -0.156. The SMILES string of the molecule is Cc1nc2ccc(=O)n(C)c2c(C(C)(C(=O)O)C(=O)O)c1Cl. The van der Waals surface area contributed by atoms with Crippen LogP contribution in [0.15, 0.2) is 16.9 Å². The standard InChI is InChI=1S/C14H13ClN2O5/c1-6-10(15)9(14(2,12(19)20)13(21)22)11-7(16-6)4-5-8(18)17(11)3/h4-5H,1-3H3,(H,19,20)(H,21,22). The average molecular weight is 325 g/mol. The third-order valence-corrected chi connectivity index (χ3v) is 4.17. The third-order valence-electron chi connectivity index (χ3n) is 3.71. The van der Waals surface area contributed by atoms with Gasteiger partial charge in [-0.15, -0.1) is 0 Å². The molecule has 0 saturated heterocycles. The highest BCUT2D eigenvalue weighted by molar-refractivity contribution is 6.34. The van der Waals surface area contributed by atoms with E-state index in [2.05, 4.69) is 4.98 Å². The second-order valence-electron chi connectivity index (χ2n) is 5.09. The Morgan fingerprint density at radius 1 is 1.27 bits per heavy atom. The molecule has 8 heteroatoms. The van der Waals surface area contributed by atoms with Gasteiger partial charge in [0, 0.05) is 18.7 Å². The smallest absolute Gasteiger partial charge is 0.325 e. The van der Waals surface area contributed by atoms with Gasteiger partial charge in [0.15, 0.2) is 5.41 Å². The van der Waals surface area contributed by atoms with E-state index in [1.807, 2.05) is 0 Å². The van der Waals surface area contributed by atoms with Gasteiger partial charge < -0.3 is 14.8 Å². The number of hydrogen-bond acceptors (Lipinski definition) is 4. The van der Waals surface area contributed by atoms with Crippen LogP contribution in [0.1, 0.15) is 18.2 Å². The molecule has 0 aromatic carbocycles. The molecule has 0 atom stereocenters. The minimum atomic E-state index is -2.31. The van der Waals surface area contributed by atoms with Crippen molar-refractivity contribution in [1.82, 2.24) is 9.55 Å². The van der Waals surface area contributed by atoms with Crippen molar-refractivity contribution >= 4 is 34.6 Å². The Hall–Kier alpha value is -2.41. The van der Waals surface area contributed by atoms with Crippen molar-refractivity contribution in [1.29, 1.82) is 0 Å². The van der Waals surface area contributed by atoms with Crippen molar-refractivity contribution in [3.05, 3.63) is 38.8 Å². The quantitative estimate of drug-likeness (QED) is 0.824. The number of aromatic nitrogens is 2. The van der Waals surface area contributed by atoms with Crippen molar-refractivity contribution < 1.29 is 19.8 Å². The molecule has 2 heterocycles. The maximum absolute atomic E-state index is 11.8. The molecule has 2 aromatic rings. The lowest BCUT2D eigenvalue weighted by Crippen LogP contribution is -2.42. The number of carbonyl (C=O) groups is 2. The topological polar surface area (TPSA) is 109 Å². The van der Waals surface area contributed by atoms with Crippen molar-refractivity contribution in [3.63, 3.8) is 0 Å². The number of nitrogens with zero attached hydrogens (tertiary/aromatic N) is 2. The molecule has 0 fully saturated rings. The predicted molar refractivity (Wildman–Crippen MR) is 79.4 cm³/mol. The lowest BCUT2D eigenvalue weighted by atomic mass is 9.81. The largest absolute Gasteiger partial charge is 0.480 e. The van der Waals surface area contributed by atoms with Gasteiger partial charge in [0.25, 0.3) is 5.56 Å². The Morgan fingerprint density at radius 3 is 2.32 bits per heavy atom. The van der Waals surface area contributed by atoms with Gasteiger partial charge in [0.1, 0.15) is 0 Å². The van der Waals surface area contributed by atoms with Crippen molar-refractivity contribution in [2.45, 2.75) is 19.3 Å². The third kappa shape index (κ3) is 2.05. The lowest BCUT2D eigenvalue weighted by Gasteiger charge is -2.24. The predicted octanol–water partition coefficient (Wildman–Crippen LogP) is 1.32. The molecule has 2 aromatic heterocycles. The van der Waals surface area contributed by atoms with Gasteiger partial charge >= 0.3 is 11.9 Å². The summed E-state index contributed by atoms with van der Waals surface area (Å²) >= 11 is 6.16. The summed E-state index contributed by atoms with van der Waals surface area (Å²) in [6.07, 6.45) is 0. The number of fused-ring (bicyclic) bond motifs is 1. The summed E-state index contributed by atoms with van der Waals surface area (Å²) in [7, 11) is 1.41. The normalized spacial score (nSPS) is 11.6. The molecular weight excluding hydrogens is 312 g/mol. The number of hydrogen-bond donors (Lipinski definition) is 2. The molecule has 0 amide bonds. The summed E-state index contributed by atoms with van der Waals surface area (Å²) in [6.45, 7) is 2.58. The van der Waals surface area contributed by atoms with Crippen LogP contribution in [0.3, 0.4) is 0 Å². The fraction of sp³-hybridized carbons (Fsp3) is 0.286. The van der Waals surface area contributed by atoms with Crippen molar-refractivity contribution in [2.24, 2.45) is 7.05 Å². The van der Waals surface area contributed by atoms with E-state index in [0.29, 0.717) is 5.52 Å². The van der Waals surface area contributed by atoms with Crippen LogP contribution in [-0.4, -0.2) is 31.7 Å². The van der Waals surface area contributed by atoms with E-state index in [0.717, 1.165) is 11.5 Å². The summed E-state index contributed by atoms with van der Waals surface area (Å²) in [5.41, 5.74) is -2.21. The maximum atomic E-state index is 11.8. The molecule has 2 rings (SSSR count). The van der Waals surface area contributed by atoms with Gasteiger partial charge in [0.05, 0.1) is 21.7 Å². The van der Waals surface area contributed by atoms with Gasteiger partial charge in [-0.05, 0) is 19.9 Å². The fourth-order valence-electron chi connectivity index (χ4n) is 2.29. The number of halogens is 1. The van der Waals surface area contributed by atoms with Crippen LogP contribution in [0.25, 0.3) is 11.0 Å². The molecule has 0 aliphatic rings. The molecule has 0 saturated carbocycles. The number of aliphatic carboxylic acids is 2.